The Morgan fingerprint density at radius 1 is 0.771 bits per heavy atom. The fourth-order valence-electron chi connectivity index (χ4n) is 3.65. The zero-order chi connectivity index (χ0) is 24.0. The van der Waals surface area contributed by atoms with E-state index in [0.717, 1.165) is 32.4 Å². The van der Waals surface area contributed by atoms with E-state index in [0.29, 0.717) is 10.9 Å². The van der Waals surface area contributed by atoms with Crippen molar-refractivity contribution < 1.29 is 9.53 Å². The number of hydrogen-bond acceptors (Lipinski definition) is 4. The number of hydrogen-bond donors (Lipinski definition) is 1. The zero-order valence-corrected chi connectivity index (χ0v) is 21.1. The Morgan fingerprint density at radius 3 is 2.00 bits per heavy atom. The van der Waals surface area contributed by atoms with E-state index in [1.807, 2.05) is 72.1 Å². The number of nitrogens with one attached hydrogen (secondary N) is 1. The van der Waals surface area contributed by atoms with Crippen molar-refractivity contribution >= 4 is 38.3 Å². The molecule has 0 aliphatic rings. The van der Waals surface area contributed by atoms with Gasteiger partial charge in [0.1, 0.15) is 5.75 Å². The van der Waals surface area contributed by atoms with Gasteiger partial charge in [-0.25, -0.2) is 4.98 Å². The molecule has 0 aliphatic heterocycles. The third kappa shape index (κ3) is 5.67. The Labute approximate surface area is 216 Å². The molecule has 4 nitrogen and oxygen atoms in total. The number of ether oxygens (including phenoxy) is 1. The predicted octanol–water partition coefficient (Wildman–Crippen LogP) is 7.92. The molecule has 0 radical (unpaired) electrons. The van der Waals surface area contributed by atoms with Crippen LogP contribution in [0.1, 0.15) is 0 Å². The van der Waals surface area contributed by atoms with E-state index in [9.17, 15) is 4.79 Å². The highest BCUT2D eigenvalue weighted by molar-refractivity contribution is 9.10. The average molecular weight is 541 g/mol. The molecule has 5 aromatic rings. The standard InChI is InChI=1S/C29H21BrN2O2S/c30-25-17-24(21-9-5-2-6-10-21)15-16-27(25)34-18-28(33)32-29-31-26(19-35-29)23-13-11-22(12-14-23)20-7-3-1-4-8-20/h1-17,19H,18H2,(H,31,32,33). The summed E-state index contributed by atoms with van der Waals surface area (Å²) in [7, 11) is 0. The van der Waals surface area contributed by atoms with E-state index >= 15 is 0 Å². The molecule has 0 atom stereocenters. The maximum absolute atomic E-state index is 12.4. The summed E-state index contributed by atoms with van der Waals surface area (Å²) >= 11 is 4.93. The molecule has 1 amide bonds. The van der Waals surface area contributed by atoms with Gasteiger partial charge in [0.2, 0.25) is 0 Å². The van der Waals surface area contributed by atoms with Gasteiger partial charge in [0.15, 0.2) is 11.7 Å². The van der Waals surface area contributed by atoms with E-state index in [2.05, 4.69) is 62.6 Å². The van der Waals surface area contributed by atoms with E-state index in [-0.39, 0.29) is 12.5 Å². The number of anilines is 1. The minimum absolute atomic E-state index is 0.107. The minimum atomic E-state index is -0.260. The lowest BCUT2D eigenvalue weighted by Gasteiger charge is -2.10. The van der Waals surface area contributed by atoms with Crippen molar-refractivity contribution in [3.05, 3.63) is 113 Å². The SMILES string of the molecule is O=C(COc1ccc(-c2ccccc2)cc1Br)Nc1nc(-c2ccc(-c3ccccc3)cc2)cs1. The molecule has 5 rings (SSSR count). The fraction of sp³-hybridized carbons (Fsp3) is 0.0345. The van der Waals surface area contributed by atoms with Gasteiger partial charge in [-0.15, -0.1) is 11.3 Å². The number of nitrogens with zero attached hydrogens (tertiary/aromatic N) is 1. The van der Waals surface area contributed by atoms with Crippen LogP contribution in [0.3, 0.4) is 0 Å². The number of halogens is 1. The number of carbonyl (C=O) groups excluding carboxylic acids is 1. The maximum atomic E-state index is 12.4. The van der Waals surface area contributed by atoms with Crippen molar-refractivity contribution in [2.45, 2.75) is 0 Å². The van der Waals surface area contributed by atoms with Gasteiger partial charge in [0.05, 0.1) is 10.2 Å². The van der Waals surface area contributed by atoms with Crippen molar-refractivity contribution in [1.29, 1.82) is 0 Å². The molecule has 0 unspecified atom stereocenters. The molecule has 0 spiro atoms. The van der Waals surface area contributed by atoms with Crippen molar-refractivity contribution in [3.8, 4) is 39.3 Å². The normalized spacial score (nSPS) is 10.7. The molecular weight excluding hydrogens is 520 g/mol. The largest absolute Gasteiger partial charge is 0.483 e. The van der Waals surface area contributed by atoms with Crippen LogP contribution >= 0.6 is 27.3 Å². The maximum Gasteiger partial charge on any atom is 0.264 e. The monoisotopic (exact) mass is 540 g/mol. The summed E-state index contributed by atoms with van der Waals surface area (Å²) in [5.74, 6) is 0.350. The van der Waals surface area contributed by atoms with Crippen LogP contribution in [-0.4, -0.2) is 17.5 Å². The molecule has 172 valence electrons. The Kier molecular flexibility index (Phi) is 7.02. The second-order valence-corrected chi connectivity index (χ2v) is 9.54. The van der Waals surface area contributed by atoms with Crippen LogP contribution in [-0.2, 0) is 4.79 Å². The van der Waals surface area contributed by atoms with Crippen molar-refractivity contribution in [3.63, 3.8) is 0 Å². The van der Waals surface area contributed by atoms with Crippen LogP contribution < -0.4 is 10.1 Å². The first-order valence-corrected chi connectivity index (χ1v) is 12.7. The Hall–Kier alpha value is -3.74. The van der Waals surface area contributed by atoms with Gasteiger partial charge in [-0.2, -0.15) is 0 Å². The van der Waals surface area contributed by atoms with Gasteiger partial charge in [0, 0.05) is 10.9 Å². The summed E-state index contributed by atoms with van der Waals surface area (Å²) in [5, 5.41) is 5.30. The Morgan fingerprint density at radius 2 is 1.34 bits per heavy atom. The molecule has 6 heteroatoms. The number of amides is 1. The molecule has 0 saturated carbocycles. The van der Waals surface area contributed by atoms with E-state index < -0.39 is 0 Å². The van der Waals surface area contributed by atoms with Crippen LogP contribution in [0.15, 0.2) is 113 Å². The average Bonchev–Trinajstić information content (AvgIpc) is 3.37. The van der Waals surface area contributed by atoms with E-state index in [1.54, 1.807) is 0 Å². The van der Waals surface area contributed by atoms with Crippen molar-refractivity contribution in [1.82, 2.24) is 4.98 Å². The molecular formula is C29H21BrN2O2S. The predicted molar refractivity (Wildman–Crippen MR) is 147 cm³/mol. The number of benzene rings is 4. The lowest BCUT2D eigenvalue weighted by molar-refractivity contribution is -0.118. The van der Waals surface area contributed by atoms with Crippen molar-refractivity contribution in [2.75, 3.05) is 11.9 Å². The molecule has 4 aromatic carbocycles. The second kappa shape index (κ2) is 10.7. The highest BCUT2D eigenvalue weighted by Crippen LogP contribution is 2.31. The number of aromatic nitrogens is 1. The first kappa shape index (κ1) is 23.0. The number of carbonyl (C=O) groups is 1. The number of rotatable bonds is 7. The Balaban J connectivity index is 1.18. The number of thiazole rings is 1. The Bertz CT molecular complexity index is 1440. The van der Waals surface area contributed by atoms with Gasteiger partial charge in [-0.3, -0.25) is 10.1 Å². The lowest BCUT2D eigenvalue weighted by Crippen LogP contribution is -2.20. The summed E-state index contributed by atoms with van der Waals surface area (Å²) in [6, 6.07) is 34.4. The molecule has 1 heterocycles. The summed E-state index contributed by atoms with van der Waals surface area (Å²) in [6.45, 7) is -0.107. The van der Waals surface area contributed by atoms with Gasteiger partial charge < -0.3 is 4.74 Å². The summed E-state index contributed by atoms with van der Waals surface area (Å²) in [4.78, 5) is 17.0. The zero-order valence-electron chi connectivity index (χ0n) is 18.6. The molecule has 0 bridgehead atoms. The quantitative estimate of drug-likeness (QED) is 0.228. The molecule has 0 fully saturated rings. The summed E-state index contributed by atoms with van der Waals surface area (Å²) < 4.78 is 6.52. The van der Waals surface area contributed by atoms with Gasteiger partial charge in [0.25, 0.3) is 5.91 Å². The molecule has 1 N–H and O–H groups in total. The van der Waals surface area contributed by atoms with Gasteiger partial charge in [-0.05, 0) is 50.3 Å². The van der Waals surface area contributed by atoms with E-state index in [4.69, 9.17) is 4.74 Å². The van der Waals surface area contributed by atoms with Crippen LogP contribution in [0.2, 0.25) is 0 Å². The second-order valence-electron chi connectivity index (χ2n) is 7.83. The van der Waals surface area contributed by atoms with Crippen LogP contribution in [0.4, 0.5) is 5.13 Å². The topological polar surface area (TPSA) is 51.2 Å². The molecule has 0 saturated heterocycles. The lowest BCUT2D eigenvalue weighted by atomic mass is 10.0. The minimum Gasteiger partial charge on any atom is -0.483 e. The summed E-state index contributed by atoms with van der Waals surface area (Å²) in [6.07, 6.45) is 0. The van der Waals surface area contributed by atoms with Gasteiger partial charge >= 0.3 is 0 Å². The van der Waals surface area contributed by atoms with Gasteiger partial charge in [-0.1, -0.05) is 91.0 Å². The smallest absolute Gasteiger partial charge is 0.264 e. The van der Waals surface area contributed by atoms with Crippen molar-refractivity contribution in [2.24, 2.45) is 0 Å². The van der Waals surface area contributed by atoms with Crippen LogP contribution in [0.5, 0.6) is 5.75 Å². The fourth-order valence-corrected chi connectivity index (χ4v) is 4.88. The van der Waals surface area contributed by atoms with E-state index in [1.165, 1.54) is 16.9 Å². The molecule has 0 aliphatic carbocycles. The summed E-state index contributed by atoms with van der Waals surface area (Å²) in [5.41, 5.74) is 6.34. The third-order valence-corrected chi connectivity index (χ3v) is 6.81. The first-order chi connectivity index (χ1) is 17.2. The highest BCUT2D eigenvalue weighted by Gasteiger charge is 2.11. The first-order valence-electron chi connectivity index (χ1n) is 11.0. The molecule has 1 aromatic heterocycles. The molecule has 35 heavy (non-hydrogen) atoms. The third-order valence-electron chi connectivity index (χ3n) is 5.44. The highest BCUT2D eigenvalue weighted by atomic mass is 79.9. The van der Waals surface area contributed by atoms with Crippen LogP contribution in [0.25, 0.3) is 33.5 Å². The van der Waals surface area contributed by atoms with Crippen LogP contribution in [0, 0.1) is 0 Å².